The Balaban J connectivity index is 2.23. The Morgan fingerprint density at radius 2 is 1.68 bits per heavy atom. The highest BCUT2D eigenvalue weighted by molar-refractivity contribution is 7.85. The van der Waals surface area contributed by atoms with Crippen molar-refractivity contribution >= 4 is 16.1 Å². The molecule has 6 heteroatoms. The first kappa shape index (κ1) is 13.3. The Morgan fingerprint density at radius 1 is 1.00 bits per heavy atom. The van der Waals surface area contributed by atoms with E-state index in [9.17, 15) is 13.2 Å². The largest absolute Gasteiger partial charge is 0.423 e. The van der Waals surface area contributed by atoms with Gasteiger partial charge < -0.3 is 4.74 Å². The molecule has 2 aromatic carbocycles. The van der Waals surface area contributed by atoms with Gasteiger partial charge in [0.25, 0.3) is 10.1 Å². The normalized spacial score (nSPS) is 11.0. The van der Waals surface area contributed by atoms with Gasteiger partial charge in [0.1, 0.15) is 5.75 Å². The van der Waals surface area contributed by atoms with Crippen molar-refractivity contribution in [2.24, 2.45) is 0 Å². The molecule has 0 aliphatic rings. The smallest absolute Gasteiger partial charge is 0.343 e. The number of benzene rings is 2. The number of rotatable bonds is 3. The Kier molecular flexibility index (Phi) is 3.64. The van der Waals surface area contributed by atoms with Crippen LogP contribution in [0.25, 0.3) is 0 Å². The van der Waals surface area contributed by atoms with Crippen molar-refractivity contribution < 1.29 is 22.5 Å². The summed E-state index contributed by atoms with van der Waals surface area (Å²) in [4.78, 5) is 11.4. The molecule has 0 aromatic heterocycles. The van der Waals surface area contributed by atoms with E-state index in [0.717, 1.165) is 6.07 Å². The van der Waals surface area contributed by atoms with Crippen LogP contribution in [-0.2, 0) is 10.1 Å². The van der Waals surface area contributed by atoms with Crippen LogP contribution in [0.4, 0.5) is 0 Å². The van der Waals surface area contributed by atoms with Crippen molar-refractivity contribution in [3.05, 3.63) is 60.2 Å². The summed E-state index contributed by atoms with van der Waals surface area (Å²) in [7, 11) is -4.32. The Labute approximate surface area is 110 Å². The van der Waals surface area contributed by atoms with Crippen LogP contribution in [0.5, 0.6) is 5.75 Å². The van der Waals surface area contributed by atoms with Gasteiger partial charge in [-0.25, -0.2) is 4.79 Å². The van der Waals surface area contributed by atoms with Crippen LogP contribution in [0, 0.1) is 0 Å². The summed E-state index contributed by atoms with van der Waals surface area (Å²) < 4.78 is 35.8. The third kappa shape index (κ3) is 3.40. The number of hydrogen-bond acceptors (Lipinski definition) is 4. The molecule has 19 heavy (non-hydrogen) atoms. The lowest BCUT2D eigenvalue weighted by Crippen LogP contribution is -2.08. The third-order valence-electron chi connectivity index (χ3n) is 2.32. The number of ether oxygens (including phenoxy) is 1. The Hall–Kier alpha value is -2.18. The molecule has 2 aromatic rings. The first-order chi connectivity index (χ1) is 8.97. The van der Waals surface area contributed by atoms with Crippen LogP contribution < -0.4 is 4.74 Å². The fraction of sp³-hybridized carbons (Fsp3) is 0. The molecule has 0 aliphatic heterocycles. The molecular weight excluding hydrogens is 268 g/mol. The van der Waals surface area contributed by atoms with E-state index in [4.69, 9.17) is 9.29 Å². The molecular formula is C13H10O5S. The van der Waals surface area contributed by atoms with E-state index in [0.29, 0.717) is 5.56 Å². The van der Waals surface area contributed by atoms with Crippen LogP contribution >= 0.6 is 0 Å². The quantitative estimate of drug-likeness (QED) is 0.528. The Bertz CT molecular complexity index is 692. The van der Waals surface area contributed by atoms with Crippen LogP contribution in [0.15, 0.2) is 59.5 Å². The average molecular weight is 278 g/mol. The molecule has 0 bridgehead atoms. The molecule has 0 atom stereocenters. The molecule has 0 saturated heterocycles. The van der Waals surface area contributed by atoms with Crippen molar-refractivity contribution in [1.29, 1.82) is 0 Å². The second-order valence-electron chi connectivity index (χ2n) is 3.71. The van der Waals surface area contributed by atoms with E-state index in [2.05, 4.69) is 0 Å². The predicted octanol–water partition coefficient (Wildman–Crippen LogP) is 2.15. The van der Waals surface area contributed by atoms with Gasteiger partial charge in [-0.1, -0.05) is 24.3 Å². The summed E-state index contributed by atoms with van der Waals surface area (Å²) in [5.41, 5.74) is 0.347. The van der Waals surface area contributed by atoms with E-state index in [1.807, 2.05) is 0 Å². The maximum Gasteiger partial charge on any atom is 0.343 e. The van der Waals surface area contributed by atoms with Gasteiger partial charge in [-0.05, 0) is 24.3 Å². The summed E-state index contributed by atoms with van der Waals surface area (Å²) in [6.07, 6.45) is 0. The fourth-order valence-electron chi connectivity index (χ4n) is 1.44. The molecule has 0 aliphatic carbocycles. The van der Waals surface area contributed by atoms with Crippen molar-refractivity contribution in [2.75, 3.05) is 0 Å². The SMILES string of the molecule is O=C(Oc1cccc(S(=O)(=O)O)c1)c1ccccc1. The summed E-state index contributed by atoms with van der Waals surface area (Å²) in [6.45, 7) is 0. The maximum atomic E-state index is 11.7. The Morgan fingerprint density at radius 3 is 2.32 bits per heavy atom. The van der Waals surface area contributed by atoms with Crippen molar-refractivity contribution in [1.82, 2.24) is 0 Å². The number of carbonyl (C=O) groups excluding carboxylic acids is 1. The molecule has 1 N–H and O–H groups in total. The molecule has 0 heterocycles. The first-order valence-corrected chi connectivity index (χ1v) is 6.75. The van der Waals surface area contributed by atoms with Crippen LogP contribution in [0.2, 0.25) is 0 Å². The van der Waals surface area contributed by atoms with Crippen LogP contribution in [0.3, 0.4) is 0 Å². The van der Waals surface area contributed by atoms with Gasteiger partial charge in [0.15, 0.2) is 0 Å². The molecule has 0 saturated carbocycles. The van der Waals surface area contributed by atoms with Crippen LogP contribution in [0.1, 0.15) is 10.4 Å². The highest BCUT2D eigenvalue weighted by atomic mass is 32.2. The number of esters is 1. The van der Waals surface area contributed by atoms with E-state index < -0.39 is 16.1 Å². The minimum absolute atomic E-state index is 0.0454. The molecule has 0 spiro atoms. The number of carbonyl (C=O) groups is 1. The average Bonchev–Trinajstić information content (AvgIpc) is 2.39. The monoisotopic (exact) mass is 278 g/mol. The van der Waals surface area contributed by atoms with E-state index in [1.165, 1.54) is 18.2 Å². The second kappa shape index (κ2) is 5.21. The minimum Gasteiger partial charge on any atom is -0.423 e. The molecule has 0 amide bonds. The maximum absolute atomic E-state index is 11.7. The van der Waals surface area contributed by atoms with Gasteiger partial charge in [-0.15, -0.1) is 0 Å². The zero-order valence-electron chi connectivity index (χ0n) is 9.68. The lowest BCUT2D eigenvalue weighted by Gasteiger charge is -2.05. The predicted molar refractivity (Wildman–Crippen MR) is 67.7 cm³/mol. The molecule has 98 valence electrons. The zero-order chi connectivity index (χ0) is 13.9. The first-order valence-electron chi connectivity index (χ1n) is 5.31. The molecule has 5 nitrogen and oxygen atoms in total. The van der Waals surface area contributed by atoms with Gasteiger partial charge in [-0.3, -0.25) is 4.55 Å². The highest BCUT2D eigenvalue weighted by Crippen LogP contribution is 2.18. The standard InChI is InChI=1S/C13H10O5S/c14-13(10-5-2-1-3-6-10)18-11-7-4-8-12(9-11)19(15,16)17/h1-9H,(H,15,16,17). The van der Waals surface area contributed by atoms with Gasteiger partial charge in [-0.2, -0.15) is 8.42 Å². The minimum atomic E-state index is -4.32. The van der Waals surface area contributed by atoms with Gasteiger partial charge in [0.2, 0.25) is 0 Å². The topological polar surface area (TPSA) is 80.7 Å². The number of hydrogen-bond donors (Lipinski definition) is 1. The molecule has 0 unspecified atom stereocenters. The van der Waals surface area contributed by atoms with E-state index in [1.54, 1.807) is 30.3 Å². The summed E-state index contributed by atoms with van der Waals surface area (Å²) >= 11 is 0. The van der Waals surface area contributed by atoms with Crippen molar-refractivity contribution in [2.45, 2.75) is 4.90 Å². The van der Waals surface area contributed by atoms with E-state index in [-0.39, 0.29) is 10.6 Å². The third-order valence-corrected chi connectivity index (χ3v) is 3.17. The lowest BCUT2D eigenvalue weighted by molar-refractivity contribution is 0.0734. The van der Waals surface area contributed by atoms with Crippen molar-refractivity contribution in [3.8, 4) is 5.75 Å². The summed E-state index contributed by atoms with van der Waals surface area (Å²) in [6, 6.07) is 13.4. The van der Waals surface area contributed by atoms with Gasteiger partial charge in [0.05, 0.1) is 10.5 Å². The molecule has 2 rings (SSSR count). The molecule has 0 radical (unpaired) electrons. The lowest BCUT2D eigenvalue weighted by atomic mass is 10.2. The zero-order valence-corrected chi connectivity index (χ0v) is 10.5. The van der Waals surface area contributed by atoms with Gasteiger partial charge in [0, 0.05) is 6.07 Å². The van der Waals surface area contributed by atoms with Crippen molar-refractivity contribution in [3.63, 3.8) is 0 Å². The summed E-state index contributed by atoms with van der Waals surface area (Å²) in [5, 5.41) is 0. The molecule has 0 fully saturated rings. The highest BCUT2D eigenvalue weighted by Gasteiger charge is 2.12. The second-order valence-corrected chi connectivity index (χ2v) is 5.13. The van der Waals surface area contributed by atoms with E-state index >= 15 is 0 Å². The summed E-state index contributed by atoms with van der Waals surface area (Å²) in [5.74, 6) is -0.558. The van der Waals surface area contributed by atoms with Crippen LogP contribution in [-0.4, -0.2) is 18.9 Å². The van der Waals surface area contributed by atoms with Gasteiger partial charge >= 0.3 is 5.97 Å². The fourth-order valence-corrected chi connectivity index (χ4v) is 1.95.